The van der Waals surface area contributed by atoms with Crippen LogP contribution in [0.4, 0.5) is 0 Å². The molecule has 0 fully saturated rings. The highest BCUT2D eigenvalue weighted by Gasteiger charge is 2.22. The number of hydrogen-bond donors (Lipinski definition) is 0. The van der Waals surface area contributed by atoms with Crippen LogP contribution in [0.15, 0.2) is 78.0 Å². The fraction of sp³-hybridized carbons (Fsp3) is 0.0909. The summed E-state index contributed by atoms with van der Waals surface area (Å²) in [5.41, 5.74) is 2.03. The lowest BCUT2D eigenvalue weighted by Gasteiger charge is -2.11. The number of methoxy groups -OCH3 is 2. The molecular formula is C22H18N2O5S. The van der Waals surface area contributed by atoms with Crippen molar-refractivity contribution in [2.24, 2.45) is 0 Å². The molecule has 0 radical (unpaired) electrons. The number of carbonyl (C=O) groups is 1. The van der Waals surface area contributed by atoms with Gasteiger partial charge in [0.2, 0.25) is 0 Å². The van der Waals surface area contributed by atoms with E-state index in [9.17, 15) is 13.2 Å². The standard InChI is InChI=1S/C22H18N2O5S/c1-28-18-7-9-19(10-8-18)30(26,27)24-14-12-16-11-13-23-20(21(16)24)15-3-5-17(6-4-15)22(25)29-2/h3-14H,1-2H3. The van der Waals surface area contributed by atoms with Crippen LogP contribution in [0.1, 0.15) is 10.4 Å². The van der Waals surface area contributed by atoms with E-state index in [-0.39, 0.29) is 4.90 Å². The number of carbonyl (C=O) groups excluding carboxylic acids is 1. The smallest absolute Gasteiger partial charge is 0.337 e. The lowest BCUT2D eigenvalue weighted by Crippen LogP contribution is -2.12. The van der Waals surface area contributed by atoms with Crippen molar-refractivity contribution in [1.82, 2.24) is 8.96 Å². The maximum absolute atomic E-state index is 13.3. The second-order valence-electron chi connectivity index (χ2n) is 6.46. The molecule has 4 rings (SSSR count). The van der Waals surface area contributed by atoms with Crippen molar-refractivity contribution in [3.8, 4) is 17.0 Å². The molecule has 0 aliphatic heterocycles. The molecule has 0 spiro atoms. The Morgan fingerprint density at radius 1 is 0.933 bits per heavy atom. The summed E-state index contributed by atoms with van der Waals surface area (Å²) in [6.07, 6.45) is 3.13. The Morgan fingerprint density at radius 2 is 1.63 bits per heavy atom. The fourth-order valence-corrected chi connectivity index (χ4v) is 4.57. The zero-order chi connectivity index (χ0) is 21.3. The van der Waals surface area contributed by atoms with Gasteiger partial charge in [-0.1, -0.05) is 12.1 Å². The number of hydrogen-bond acceptors (Lipinski definition) is 6. The Kier molecular flexibility index (Phi) is 5.01. The highest BCUT2D eigenvalue weighted by atomic mass is 32.2. The van der Waals surface area contributed by atoms with Crippen LogP contribution in [-0.2, 0) is 14.8 Å². The monoisotopic (exact) mass is 422 g/mol. The first-order valence-corrected chi connectivity index (χ1v) is 10.4. The summed E-state index contributed by atoms with van der Waals surface area (Å²) in [4.78, 5) is 16.2. The average Bonchev–Trinajstić information content (AvgIpc) is 3.24. The normalized spacial score (nSPS) is 11.4. The summed E-state index contributed by atoms with van der Waals surface area (Å²) in [7, 11) is -1.02. The quantitative estimate of drug-likeness (QED) is 0.456. The van der Waals surface area contributed by atoms with Gasteiger partial charge in [0.1, 0.15) is 5.75 Å². The van der Waals surface area contributed by atoms with Gasteiger partial charge in [-0.3, -0.25) is 4.98 Å². The first kappa shape index (κ1) is 19.7. The lowest BCUT2D eigenvalue weighted by atomic mass is 10.1. The van der Waals surface area contributed by atoms with Crippen LogP contribution in [0.25, 0.3) is 22.2 Å². The van der Waals surface area contributed by atoms with Crippen LogP contribution in [0.3, 0.4) is 0 Å². The van der Waals surface area contributed by atoms with Gasteiger partial charge in [-0.15, -0.1) is 0 Å². The zero-order valence-electron chi connectivity index (χ0n) is 16.3. The van der Waals surface area contributed by atoms with Crippen LogP contribution in [0.2, 0.25) is 0 Å². The van der Waals surface area contributed by atoms with E-state index in [1.54, 1.807) is 54.7 Å². The maximum Gasteiger partial charge on any atom is 0.337 e. The van der Waals surface area contributed by atoms with E-state index in [4.69, 9.17) is 9.47 Å². The summed E-state index contributed by atoms with van der Waals surface area (Å²) >= 11 is 0. The number of esters is 1. The van der Waals surface area contributed by atoms with Gasteiger partial charge in [0.05, 0.1) is 35.9 Å². The number of nitrogens with zero attached hydrogens (tertiary/aromatic N) is 2. The summed E-state index contributed by atoms with van der Waals surface area (Å²) in [6.45, 7) is 0. The van der Waals surface area contributed by atoms with Crippen LogP contribution >= 0.6 is 0 Å². The molecule has 8 heteroatoms. The number of fused-ring (bicyclic) bond motifs is 1. The molecule has 7 nitrogen and oxygen atoms in total. The van der Waals surface area contributed by atoms with E-state index in [1.807, 2.05) is 0 Å². The predicted molar refractivity (Wildman–Crippen MR) is 112 cm³/mol. The van der Waals surface area contributed by atoms with Crippen LogP contribution in [0, 0.1) is 0 Å². The van der Waals surface area contributed by atoms with Gasteiger partial charge < -0.3 is 9.47 Å². The minimum Gasteiger partial charge on any atom is -0.497 e. The summed E-state index contributed by atoms with van der Waals surface area (Å²) < 4.78 is 37.7. The van der Waals surface area contributed by atoms with E-state index in [0.717, 1.165) is 5.39 Å². The molecule has 4 aromatic rings. The Labute approximate surface area is 173 Å². The van der Waals surface area contributed by atoms with E-state index in [0.29, 0.717) is 28.1 Å². The largest absolute Gasteiger partial charge is 0.497 e. The SMILES string of the molecule is COC(=O)c1ccc(-c2nccc3ccn(S(=O)(=O)c4ccc(OC)cc4)c23)cc1. The Balaban J connectivity index is 1.86. The average molecular weight is 422 g/mol. The van der Waals surface area contributed by atoms with Crippen molar-refractivity contribution in [2.45, 2.75) is 4.90 Å². The summed E-state index contributed by atoms with van der Waals surface area (Å²) in [5, 5.41) is 0.731. The molecule has 0 aliphatic rings. The van der Waals surface area contributed by atoms with Crippen LogP contribution in [0.5, 0.6) is 5.75 Å². The third-order valence-electron chi connectivity index (χ3n) is 4.76. The molecule has 2 aromatic heterocycles. The number of ether oxygens (including phenoxy) is 2. The predicted octanol–water partition coefficient (Wildman–Crippen LogP) is 3.74. The number of pyridine rings is 1. The molecule has 0 amide bonds. The van der Waals surface area contributed by atoms with Gasteiger partial charge in [-0.2, -0.15) is 0 Å². The Morgan fingerprint density at radius 3 is 2.27 bits per heavy atom. The molecule has 0 saturated heterocycles. The number of aromatic nitrogens is 2. The van der Waals surface area contributed by atoms with E-state index < -0.39 is 16.0 Å². The second kappa shape index (κ2) is 7.64. The maximum atomic E-state index is 13.3. The second-order valence-corrected chi connectivity index (χ2v) is 8.27. The molecule has 0 bridgehead atoms. The van der Waals surface area contributed by atoms with Crippen LogP contribution < -0.4 is 4.74 Å². The Hall–Kier alpha value is -3.65. The van der Waals surface area contributed by atoms with E-state index >= 15 is 0 Å². The topological polar surface area (TPSA) is 87.5 Å². The van der Waals surface area contributed by atoms with Crippen LogP contribution in [-0.4, -0.2) is 37.6 Å². The van der Waals surface area contributed by atoms with Crippen molar-refractivity contribution < 1.29 is 22.7 Å². The van der Waals surface area contributed by atoms with Gasteiger partial charge in [0, 0.05) is 23.3 Å². The van der Waals surface area contributed by atoms with Gasteiger partial charge in [-0.25, -0.2) is 17.2 Å². The number of benzene rings is 2. The van der Waals surface area contributed by atoms with Crippen molar-refractivity contribution in [3.63, 3.8) is 0 Å². The van der Waals surface area contributed by atoms with Crippen molar-refractivity contribution in [1.29, 1.82) is 0 Å². The molecule has 2 aromatic carbocycles. The number of rotatable bonds is 5. The van der Waals surface area contributed by atoms with Gasteiger partial charge in [0.25, 0.3) is 10.0 Å². The lowest BCUT2D eigenvalue weighted by molar-refractivity contribution is 0.0600. The fourth-order valence-electron chi connectivity index (χ4n) is 3.21. The third kappa shape index (κ3) is 3.31. The molecular weight excluding hydrogens is 404 g/mol. The van der Waals surface area contributed by atoms with E-state index in [2.05, 4.69) is 4.98 Å². The first-order valence-electron chi connectivity index (χ1n) is 9.00. The molecule has 152 valence electrons. The van der Waals surface area contributed by atoms with Crippen molar-refractivity contribution in [2.75, 3.05) is 14.2 Å². The minimum atomic E-state index is -3.86. The molecule has 0 saturated carbocycles. The third-order valence-corrected chi connectivity index (χ3v) is 6.45. The molecule has 0 N–H and O–H groups in total. The van der Waals surface area contributed by atoms with Crippen molar-refractivity contribution in [3.05, 3.63) is 78.6 Å². The molecule has 0 unspecified atom stereocenters. The first-order chi connectivity index (χ1) is 14.5. The van der Waals surface area contributed by atoms with Gasteiger partial charge >= 0.3 is 5.97 Å². The highest BCUT2D eigenvalue weighted by Crippen LogP contribution is 2.30. The molecule has 0 aliphatic carbocycles. The Bertz CT molecular complexity index is 1320. The molecule has 0 atom stereocenters. The minimum absolute atomic E-state index is 0.136. The molecule has 30 heavy (non-hydrogen) atoms. The van der Waals surface area contributed by atoms with E-state index in [1.165, 1.54) is 36.5 Å². The van der Waals surface area contributed by atoms with Crippen molar-refractivity contribution >= 4 is 26.9 Å². The van der Waals surface area contributed by atoms with Gasteiger partial charge in [-0.05, 0) is 48.5 Å². The van der Waals surface area contributed by atoms with Gasteiger partial charge in [0.15, 0.2) is 0 Å². The summed E-state index contributed by atoms with van der Waals surface area (Å²) in [6, 6.07) is 16.3. The summed E-state index contributed by atoms with van der Waals surface area (Å²) in [5.74, 6) is 0.123. The molecule has 2 heterocycles. The highest BCUT2D eigenvalue weighted by molar-refractivity contribution is 7.90. The zero-order valence-corrected chi connectivity index (χ0v) is 17.1.